The van der Waals surface area contributed by atoms with Crippen molar-refractivity contribution in [1.82, 2.24) is 0 Å². The third-order valence-electron chi connectivity index (χ3n) is 4.50. The van der Waals surface area contributed by atoms with Gasteiger partial charge in [0.2, 0.25) is 0 Å². The zero-order valence-electron chi connectivity index (χ0n) is 15.0. The van der Waals surface area contributed by atoms with Gasteiger partial charge in [0.25, 0.3) is 5.91 Å². The van der Waals surface area contributed by atoms with Crippen molar-refractivity contribution in [1.29, 1.82) is 0 Å². The van der Waals surface area contributed by atoms with Gasteiger partial charge >= 0.3 is 5.63 Å². The van der Waals surface area contributed by atoms with Crippen molar-refractivity contribution in [3.63, 3.8) is 0 Å². The summed E-state index contributed by atoms with van der Waals surface area (Å²) in [4.78, 5) is 24.7. The van der Waals surface area contributed by atoms with Crippen LogP contribution < -0.4 is 10.9 Å². The number of hydrogen-bond acceptors (Lipinski definition) is 3. The number of carbonyl (C=O) groups is 1. The summed E-state index contributed by atoms with van der Waals surface area (Å²) in [7, 11) is 0. The van der Waals surface area contributed by atoms with Gasteiger partial charge in [-0.15, -0.1) is 0 Å². The first-order valence-corrected chi connectivity index (χ1v) is 8.72. The molecule has 1 aromatic heterocycles. The van der Waals surface area contributed by atoms with Crippen molar-refractivity contribution in [2.75, 3.05) is 5.32 Å². The smallest absolute Gasteiger partial charge is 0.344 e. The fourth-order valence-electron chi connectivity index (χ4n) is 3.13. The van der Waals surface area contributed by atoms with Crippen molar-refractivity contribution < 1.29 is 13.6 Å². The van der Waals surface area contributed by atoms with E-state index < -0.39 is 17.3 Å². The number of fused-ring (bicyclic) bond motifs is 1. The van der Waals surface area contributed by atoms with E-state index in [9.17, 15) is 14.0 Å². The van der Waals surface area contributed by atoms with Crippen LogP contribution in [0.5, 0.6) is 0 Å². The van der Waals surface area contributed by atoms with Gasteiger partial charge in [0.15, 0.2) is 0 Å². The highest BCUT2D eigenvalue weighted by atomic mass is 19.1. The second-order valence-electron chi connectivity index (χ2n) is 6.48. The second kappa shape index (κ2) is 7.12. The molecule has 3 aromatic carbocycles. The number of aryl methyl sites for hydroxylation is 1. The molecule has 1 heterocycles. The summed E-state index contributed by atoms with van der Waals surface area (Å²) in [6, 6.07) is 19.8. The molecule has 0 atom stereocenters. The minimum absolute atomic E-state index is 0.233. The first-order chi connectivity index (χ1) is 13.5. The van der Waals surface area contributed by atoms with E-state index in [4.69, 9.17) is 4.42 Å². The van der Waals surface area contributed by atoms with Gasteiger partial charge in [0.05, 0.1) is 5.56 Å². The molecular formula is C23H16FNO3. The molecular weight excluding hydrogens is 357 g/mol. The van der Waals surface area contributed by atoms with Crippen LogP contribution in [0, 0.1) is 12.7 Å². The van der Waals surface area contributed by atoms with Gasteiger partial charge in [-0.25, -0.2) is 9.18 Å². The van der Waals surface area contributed by atoms with E-state index in [1.54, 1.807) is 36.4 Å². The van der Waals surface area contributed by atoms with Crippen molar-refractivity contribution in [3.8, 4) is 11.1 Å². The summed E-state index contributed by atoms with van der Waals surface area (Å²) in [5.41, 5.74) is 2.89. The van der Waals surface area contributed by atoms with E-state index in [0.29, 0.717) is 16.8 Å². The largest absolute Gasteiger partial charge is 0.422 e. The van der Waals surface area contributed by atoms with E-state index in [0.717, 1.165) is 16.5 Å². The predicted octanol–water partition coefficient (Wildman–Crippen LogP) is 5.16. The summed E-state index contributed by atoms with van der Waals surface area (Å²) >= 11 is 0. The Hall–Kier alpha value is -3.73. The molecule has 0 aliphatic heterocycles. The Bertz CT molecular complexity index is 1260. The maximum absolute atomic E-state index is 13.3. The summed E-state index contributed by atoms with van der Waals surface area (Å²) in [6.45, 7) is 1.85. The van der Waals surface area contributed by atoms with Gasteiger partial charge in [-0.05, 0) is 60.5 Å². The molecule has 0 aliphatic rings. The van der Waals surface area contributed by atoms with Crippen LogP contribution in [-0.2, 0) is 0 Å². The van der Waals surface area contributed by atoms with Crippen LogP contribution in [0.15, 0.2) is 82.0 Å². The van der Waals surface area contributed by atoms with Crippen LogP contribution in [0.2, 0.25) is 0 Å². The Morgan fingerprint density at radius 1 is 0.929 bits per heavy atom. The molecule has 4 rings (SSSR count). The summed E-state index contributed by atoms with van der Waals surface area (Å²) < 4.78 is 18.7. The Kier molecular flexibility index (Phi) is 4.49. The maximum Gasteiger partial charge on any atom is 0.344 e. The summed E-state index contributed by atoms with van der Waals surface area (Å²) in [5.74, 6) is -0.876. The number of hydrogen-bond donors (Lipinski definition) is 1. The molecule has 28 heavy (non-hydrogen) atoms. The number of anilines is 1. The minimum atomic E-state index is -0.470. The Balaban J connectivity index is 1.66. The molecule has 0 bridgehead atoms. The number of nitrogens with one attached hydrogen (secondary N) is 1. The van der Waals surface area contributed by atoms with Crippen molar-refractivity contribution in [2.24, 2.45) is 0 Å². The summed E-state index contributed by atoms with van der Waals surface area (Å²) in [5, 5.41) is 3.58. The standard InChI is InChI=1S/C23H16FNO3/c1-14-11-18(25-22(26)16-6-4-7-17(24)12-16)9-10-19(14)20-13-15-5-2-3-8-21(15)28-23(20)27/h2-13H,1H3,(H,25,26). The highest BCUT2D eigenvalue weighted by Gasteiger charge is 2.12. The average molecular weight is 373 g/mol. The molecule has 138 valence electrons. The molecule has 0 spiro atoms. The second-order valence-corrected chi connectivity index (χ2v) is 6.48. The van der Waals surface area contributed by atoms with Crippen molar-refractivity contribution in [3.05, 3.63) is 100 Å². The highest BCUT2D eigenvalue weighted by Crippen LogP contribution is 2.26. The Morgan fingerprint density at radius 2 is 1.75 bits per heavy atom. The molecule has 0 unspecified atom stereocenters. The number of benzene rings is 3. The Morgan fingerprint density at radius 3 is 2.54 bits per heavy atom. The minimum Gasteiger partial charge on any atom is -0.422 e. The molecule has 0 aliphatic carbocycles. The van der Waals surface area contributed by atoms with Gasteiger partial charge < -0.3 is 9.73 Å². The predicted molar refractivity (Wildman–Crippen MR) is 107 cm³/mol. The first-order valence-electron chi connectivity index (χ1n) is 8.72. The van der Waals surface area contributed by atoms with E-state index >= 15 is 0 Å². The van der Waals surface area contributed by atoms with Crippen LogP contribution in [0.3, 0.4) is 0 Å². The number of para-hydroxylation sites is 1. The molecule has 0 saturated heterocycles. The van der Waals surface area contributed by atoms with E-state index in [-0.39, 0.29) is 5.56 Å². The lowest BCUT2D eigenvalue weighted by molar-refractivity contribution is 0.102. The van der Waals surface area contributed by atoms with Crippen LogP contribution >= 0.6 is 0 Å². The molecule has 4 aromatic rings. The number of carbonyl (C=O) groups excluding carboxylic acids is 1. The SMILES string of the molecule is Cc1cc(NC(=O)c2cccc(F)c2)ccc1-c1cc2ccccc2oc1=O. The quantitative estimate of drug-likeness (QED) is 0.505. The number of rotatable bonds is 3. The fourth-order valence-corrected chi connectivity index (χ4v) is 3.13. The lowest BCUT2D eigenvalue weighted by Crippen LogP contribution is -2.12. The molecule has 0 radical (unpaired) electrons. The zero-order chi connectivity index (χ0) is 19.7. The van der Waals surface area contributed by atoms with Crippen molar-refractivity contribution in [2.45, 2.75) is 6.92 Å². The third-order valence-corrected chi connectivity index (χ3v) is 4.50. The molecule has 0 saturated carbocycles. The van der Waals surface area contributed by atoms with E-state index in [2.05, 4.69) is 5.32 Å². The van der Waals surface area contributed by atoms with Crippen LogP contribution in [-0.4, -0.2) is 5.91 Å². The number of amides is 1. The van der Waals surface area contributed by atoms with E-state index in [1.807, 2.05) is 25.1 Å². The lowest BCUT2D eigenvalue weighted by Gasteiger charge is -2.10. The third kappa shape index (κ3) is 3.42. The number of halogens is 1. The van der Waals surface area contributed by atoms with Gasteiger partial charge in [-0.2, -0.15) is 0 Å². The lowest BCUT2D eigenvalue weighted by atomic mass is 10.0. The van der Waals surface area contributed by atoms with E-state index in [1.165, 1.54) is 18.2 Å². The molecule has 4 nitrogen and oxygen atoms in total. The highest BCUT2D eigenvalue weighted by molar-refractivity contribution is 6.04. The summed E-state index contributed by atoms with van der Waals surface area (Å²) in [6.07, 6.45) is 0. The average Bonchev–Trinajstić information content (AvgIpc) is 2.68. The van der Waals surface area contributed by atoms with Crippen LogP contribution in [0.4, 0.5) is 10.1 Å². The van der Waals surface area contributed by atoms with Gasteiger partial charge in [-0.3, -0.25) is 4.79 Å². The topological polar surface area (TPSA) is 59.3 Å². The van der Waals surface area contributed by atoms with Gasteiger partial charge in [0, 0.05) is 16.6 Å². The van der Waals surface area contributed by atoms with Crippen LogP contribution in [0.25, 0.3) is 22.1 Å². The Labute approximate surface area is 160 Å². The molecule has 5 heteroatoms. The fraction of sp³-hybridized carbons (Fsp3) is 0.0435. The zero-order valence-corrected chi connectivity index (χ0v) is 15.0. The van der Waals surface area contributed by atoms with Gasteiger partial charge in [0.1, 0.15) is 11.4 Å². The molecule has 0 fully saturated rings. The van der Waals surface area contributed by atoms with Crippen molar-refractivity contribution >= 4 is 22.6 Å². The van der Waals surface area contributed by atoms with Gasteiger partial charge in [-0.1, -0.05) is 30.3 Å². The monoisotopic (exact) mass is 373 g/mol. The van der Waals surface area contributed by atoms with Crippen LogP contribution in [0.1, 0.15) is 15.9 Å². The molecule has 1 N–H and O–H groups in total. The normalized spacial score (nSPS) is 10.8. The molecule has 1 amide bonds. The maximum atomic E-state index is 13.3. The first kappa shape index (κ1) is 17.7.